The molecule has 1 aliphatic rings. The van der Waals surface area contributed by atoms with Gasteiger partial charge in [0, 0.05) is 56.1 Å². The number of rotatable bonds is 8. The number of nitrogens with one attached hydrogen (secondary N) is 1. The maximum atomic E-state index is 12.7. The smallest absolute Gasteiger partial charge is 0.277 e. The third-order valence-electron chi connectivity index (χ3n) is 6.19. The molecule has 37 heavy (non-hydrogen) atoms. The van der Waals surface area contributed by atoms with Gasteiger partial charge < -0.3 is 15.1 Å². The molecule has 0 aliphatic carbocycles. The zero-order chi connectivity index (χ0) is 27.3. The summed E-state index contributed by atoms with van der Waals surface area (Å²) in [5.74, 6) is -0.162. The van der Waals surface area contributed by atoms with E-state index in [0.29, 0.717) is 44.2 Å². The second-order valence-corrected chi connectivity index (χ2v) is 10.7. The first kappa shape index (κ1) is 27.6. The van der Waals surface area contributed by atoms with Gasteiger partial charge in [0.05, 0.1) is 21.5 Å². The van der Waals surface area contributed by atoms with E-state index in [4.69, 9.17) is 0 Å². The number of nitro benzene ring substituents is 2. The fraction of sp³-hybridized carbons (Fsp3) is 0.462. The SMILES string of the molecule is C[C@H](CC(=O)N1CCN(c2ccc(NC(=O)c3cc([N+](=O)[O-])cc([N+](=O)[O-])c3)cc2)CC1)CC(C)(C)C. The molecule has 11 nitrogen and oxygen atoms in total. The summed E-state index contributed by atoms with van der Waals surface area (Å²) in [6.07, 6.45) is 1.55. The summed E-state index contributed by atoms with van der Waals surface area (Å²) >= 11 is 0. The van der Waals surface area contributed by atoms with Gasteiger partial charge >= 0.3 is 0 Å². The van der Waals surface area contributed by atoms with Gasteiger partial charge in [-0.15, -0.1) is 0 Å². The molecule has 3 rings (SSSR count). The monoisotopic (exact) mass is 511 g/mol. The molecule has 1 heterocycles. The van der Waals surface area contributed by atoms with Crippen LogP contribution in [-0.4, -0.2) is 52.7 Å². The molecule has 0 unspecified atom stereocenters. The van der Waals surface area contributed by atoms with Crippen LogP contribution in [0.3, 0.4) is 0 Å². The number of amides is 2. The van der Waals surface area contributed by atoms with Crippen molar-refractivity contribution >= 4 is 34.6 Å². The fourth-order valence-electron chi connectivity index (χ4n) is 4.65. The van der Waals surface area contributed by atoms with Crippen molar-refractivity contribution in [2.24, 2.45) is 11.3 Å². The van der Waals surface area contributed by atoms with Crippen LogP contribution in [0, 0.1) is 31.6 Å². The summed E-state index contributed by atoms with van der Waals surface area (Å²) in [6, 6.07) is 9.90. The number of piperazine rings is 1. The van der Waals surface area contributed by atoms with Crippen molar-refractivity contribution in [3.05, 3.63) is 68.3 Å². The molecular formula is C26H33N5O6. The Morgan fingerprint density at radius 1 is 0.946 bits per heavy atom. The van der Waals surface area contributed by atoms with Gasteiger partial charge in [0.25, 0.3) is 17.3 Å². The van der Waals surface area contributed by atoms with Crippen LogP contribution in [0.1, 0.15) is 50.9 Å². The first-order valence-corrected chi connectivity index (χ1v) is 12.2. The molecule has 0 bridgehead atoms. The van der Waals surface area contributed by atoms with E-state index in [1.54, 1.807) is 12.1 Å². The highest BCUT2D eigenvalue weighted by molar-refractivity contribution is 6.05. The van der Waals surface area contributed by atoms with E-state index in [1.165, 1.54) is 0 Å². The van der Waals surface area contributed by atoms with Gasteiger partial charge in [-0.05, 0) is 42.0 Å². The first-order chi connectivity index (χ1) is 17.3. The Bertz CT molecular complexity index is 1130. The van der Waals surface area contributed by atoms with E-state index >= 15 is 0 Å². The van der Waals surface area contributed by atoms with Gasteiger partial charge in [0.2, 0.25) is 5.91 Å². The number of nitro groups is 2. The van der Waals surface area contributed by atoms with Crippen LogP contribution in [0.5, 0.6) is 0 Å². The summed E-state index contributed by atoms with van der Waals surface area (Å²) < 4.78 is 0. The van der Waals surface area contributed by atoms with Crippen LogP contribution in [0.25, 0.3) is 0 Å². The Morgan fingerprint density at radius 3 is 1.97 bits per heavy atom. The predicted molar refractivity (Wildman–Crippen MR) is 141 cm³/mol. The Labute approximate surface area is 215 Å². The van der Waals surface area contributed by atoms with Gasteiger partial charge in [-0.25, -0.2) is 0 Å². The average Bonchev–Trinajstić information content (AvgIpc) is 2.83. The minimum atomic E-state index is -0.779. The lowest BCUT2D eigenvalue weighted by molar-refractivity contribution is -0.394. The van der Waals surface area contributed by atoms with Crippen molar-refractivity contribution in [2.45, 2.75) is 40.5 Å². The summed E-state index contributed by atoms with van der Waals surface area (Å²) in [5.41, 5.74) is 0.345. The van der Waals surface area contributed by atoms with Crippen molar-refractivity contribution in [1.82, 2.24) is 4.90 Å². The minimum Gasteiger partial charge on any atom is -0.368 e. The molecule has 2 aromatic carbocycles. The van der Waals surface area contributed by atoms with E-state index < -0.39 is 27.1 Å². The zero-order valence-corrected chi connectivity index (χ0v) is 21.6. The Hall–Kier alpha value is -4.02. The molecule has 198 valence electrons. The summed E-state index contributed by atoms with van der Waals surface area (Å²) in [6.45, 7) is 11.4. The second-order valence-electron chi connectivity index (χ2n) is 10.7. The quantitative estimate of drug-likeness (QED) is 0.394. The van der Waals surface area contributed by atoms with Gasteiger partial charge in [-0.3, -0.25) is 29.8 Å². The van der Waals surface area contributed by atoms with Crippen molar-refractivity contribution in [3.8, 4) is 0 Å². The number of hydrogen-bond acceptors (Lipinski definition) is 7. The second kappa shape index (κ2) is 11.4. The van der Waals surface area contributed by atoms with Crippen molar-refractivity contribution < 1.29 is 19.4 Å². The average molecular weight is 512 g/mol. The van der Waals surface area contributed by atoms with E-state index in [1.807, 2.05) is 17.0 Å². The van der Waals surface area contributed by atoms with Crippen LogP contribution < -0.4 is 10.2 Å². The maximum absolute atomic E-state index is 12.7. The van der Waals surface area contributed by atoms with Crippen LogP contribution in [-0.2, 0) is 4.79 Å². The maximum Gasteiger partial charge on any atom is 0.277 e. The van der Waals surface area contributed by atoms with E-state index in [9.17, 15) is 29.8 Å². The molecule has 1 N–H and O–H groups in total. The lowest BCUT2D eigenvalue weighted by Gasteiger charge is -2.37. The van der Waals surface area contributed by atoms with E-state index in [0.717, 1.165) is 30.3 Å². The van der Waals surface area contributed by atoms with E-state index in [-0.39, 0.29) is 16.9 Å². The highest BCUT2D eigenvalue weighted by Crippen LogP contribution is 2.27. The number of carbonyl (C=O) groups excluding carboxylic acids is 2. The Balaban J connectivity index is 1.57. The van der Waals surface area contributed by atoms with Gasteiger partial charge in [-0.2, -0.15) is 0 Å². The Morgan fingerprint density at radius 2 is 1.49 bits per heavy atom. The molecule has 2 aromatic rings. The topological polar surface area (TPSA) is 139 Å². The van der Waals surface area contributed by atoms with Crippen LogP contribution in [0.15, 0.2) is 42.5 Å². The first-order valence-electron chi connectivity index (χ1n) is 12.2. The Kier molecular flexibility index (Phi) is 8.46. The molecule has 0 radical (unpaired) electrons. The molecule has 1 saturated heterocycles. The largest absolute Gasteiger partial charge is 0.368 e. The van der Waals surface area contributed by atoms with Gasteiger partial charge in [0.1, 0.15) is 0 Å². The number of carbonyl (C=O) groups is 2. The molecule has 1 fully saturated rings. The minimum absolute atomic E-state index is 0.178. The number of hydrogen-bond donors (Lipinski definition) is 1. The number of benzene rings is 2. The third kappa shape index (κ3) is 7.73. The summed E-state index contributed by atoms with van der Waals surface area (Å²) in [4.78, 5) is 50.0. The summed E-state index contributed by atoms with van der Waals surface area (Å²) in [7, 11) is 0. The molecule has 11 heteroatoms. The summed E-state index contributed by atoms with van der Waals surface area (Å²) in [5, 5.41) is 24.8. The lowest BCUT2D eigenvalue weighted by atomic mass is 9.84. The normalized spacial score (nSPS) is 14.7. The molecule has 1 atom stereocenters. The lowest BCUT2D eigenvalue weighted by Crippen LogP contribution is -2.49. The zero-order valence-electron chi connectivity index (χ0n) is 21.6. The molecular weight excluding hydrogens is 478 g/mol. The van der Waals surface area contributed by atoms with Gasteiger partial charge in [0.15, 0.2) is 0 Å². The fourth-order valence-corrected chi connectivity index (χ4v) is 4.65. The van der Waals surface area contributed by atoms with E-state index in [2.05, 4.69) is 37.9 Å². The van der Waals surface area contributed by atoms with Crippen molar-refractivity contribution in [2.75, 3.05) is 36.4 Å². The van der Waals surface area contributed by atoms with Crippen LogP contribution >= 0.6 is 0 Å². The molecule has 1 aliphatic heterocycles. The van der Waals surface area contributed by atoms with Crippen LogP contribution in [0.2, 0.25) is 0 Å². The van der Waals surface area contributed by atoms with Crippen LogP contribution in [0.4, 0.5) is 22.7 Å². The molecule has 0 spiro atoms. The standard InChI is InChI=1S/C26H33N5O6/c1-18(17-26(2,3)4)13-24(32)29-11-9-28(10-12-29)21-7-5-20(6-8-21)27-25(33)19-14-22(30(34)35)16-23(15-19)31(36)37/h5-8,14-16,18H,9-13,17H2,1-4H3,(H,27,33)/t18-/m1/s1. The third-order valence-corrected chi connectivity index (χ3v) is 6.19. The highest BCUT2D eigenvalue weighted by atomic mass is 16.6. The number of anilines is 2. The van der Waals surface area contributed by atoms with Crippen molar-refractivity contribution in [1.29, 1.82) is 0 Å². The molecule has 0 aromatic heterocycles. The number of nitrogens with zero attached hydrogens (tertiary/aromatic N) is 4. The molecule has 0 saturated carbocycles. The van der Waals surface area contributed by atoms with Gasteiger partial charge in [-0.1, -0.05) is 27.7 Å². The number of non-ortho nitro benzene ring substituents is 2. The van der Waals surface area contributed by atoms with Crippen molar-refractivity contribution in [3.63, 3.8) is 0 Å². The molecule has 2 amide bonds. The predicted octanol–water partition coefficient (Wildman–Crippen LogP) is 4.87. The highest BCUT2D eigenvalue weighted by Gasteiger charge is 2.25.